The van der Waals surface area contributed by atoms with Gasteiger partial charge in [0, 0.05) is 5.69 Å². The van der Waals surface area contributed by atoms with E-state index in [2.05, 4.69) is 193 Å². The van der Waals surface area contributed by atoms with Gasteiger partial charge in [0.25, 0.3) is 0 Å². The van der Waals surface area contributed by atoms with Gasteiger partial charge in [-0.25, -0.2) is 0 Å². The Morgan fingerprint density at radius 2 is 0.787 bits per heavy atom. The monoisotopic (exact) mass is 597 g/mol. The van der Waals surface area contributed by atoms with Crippen LogP contribution in [0.2, 0.25) is 0 Å². The molecule has 0 N–H and O–H groups in total. The van der Waals surface area contributed by atoms with Crippen molar-refractivity contribution in [3.63, 3.8) is 0 Å². The summed E-state index contributed by atoms with van der Waals surface area (Å²) in [6.45, 7) is 0. The van der Waals surface area contributed by atoms with Crippen LogP contribution in [0.15, 0.2) is 188 Å². The Morgan fingerprint density at radius 3 is 1.43 bits per heavy atom. The summed E-state index contributed by atoms with van der Waals surface area (Å²) in [5.41, 5.74) is 10.9. The molecule has 220 valence electrons. The molecule has 9 rings (SSSR count). The summed E-state index contributed by atoms with van der Waals surface area (Å²) in [4.78, 5) is 0. The predicted molar refractivity (Wildman–Crippen MR) is 200 cm³/mol. The fourth-order valence-electron chi connectivity index (χ4n) is 7.34. The molecule has 0 aliphatic rings. The molecule has 1 heteroatoms. The quantitative estimate of drug-likeness (QED) is 0.174. The molecule has 1 heterocycles. The molecular formula is C46H31N. The maximum absolute atomic E-state index is 2.42. The van der Waals surface area contributed by atoms with Crippen molar-refractivity contribution in [2.24, 2.45) is 0 Å². The second kappa shape index (κ2) is 11.3. The molecule has 0 fully saturated rings. The first-order valence-corrected chi connectivity index (χ1v) is 16.2. The third kappa shape index (κ3) is 4.56. The van der Waals surface area contributed by atoms with Crippen LogP contribution in [0.4, 0.5) is 0 Å². The number of hydrogen-bond donors (Lipinski definition) is 0. The minimum Gasteiger partial charge on any atom is -0.309 e. The lowest BCUT2D eigenvalue weighted by Crippen LogP contribution is -2.00. The Morgan fingerprint density at radius 1 is 0.298 bits per heavy atom. The van der Waals surface area contributed by atoms with Crippen LogP contribution in [-0.2, 0) is 0 Å². The third-order valence-corrected chi connectivity index (χ3v) is 9.41. The van der Waals surface area contributed by atoms with Gasteiger partial charge in [-0.2, -0.15) is 0 Å². The molecule has 0 spiro atoms. The Bertz CT molecular complexity index is 2480. The molecule has 0 saturated heterocycles. The number of fused-ring (bicyclic) bond motifs is 3. The van der Waals surface area contributed by atoms with Crippen LogP contribution in [0.5, 0.6) is 0 Å². The van der Waals surface area contributed by atoms with E-state index in [0.29, 0.717) is 0 Å². The highest BCUT2D eigenvalue weighted by Gasteiger charge is 2.20. The fourth-order valence-corrected chi connectivity index (χ4v) is 7.34. The second-order valence-electron chi connectivity index (χ2n) is 12.1. The summed E-state index contributed by atoms with van der Waals surface area (Å²) < 4.78 is 2.42. The minimum absolute atomic E-state index is 1.14. The van der Waals surface area contributed by atoms with E-state index in [9.17, 15) is 0 Å². The van der Waals surface area contributed by atoms with Gasteiger partial charge in [0.05, 0.1) is 11.4 Å². The lowest BCUT2D eigenvalue weighted by Gasteiger charge is -2.21. The van der Waals surface area contributed by atoms with E-state index in [-0.39, 0.29) is 0 Å². The normalized spacial score (nSPS) is 11.4. The maximum Gasteiger partial charge on any atom is 0.0535 e. The van der Waals surface area contributed by atoms with E-state index in [1.165, 1.54) is 77.1 Å². The van der Waals surface area contributed by atoms with Gasteiger partial charge < -0.3 is 4.57 Å². The number of nitrogens with zero attached hydrogens (tertiary/aromatic N) is 1. The molecular weight excluding hydrogens is 567 g/mol. The molecule has 0 amide bonds. The van der Waals surface area contributed by atoms with Gasteiger partial charge in [-0.1, -0.05) is 164 Å². The van der Waals surface area contributed by atoms with Gasteiger partial charge in [-0.3, -0.25) is 0 Å². The Labute approximate surface area is 274 Å². The second-order valence-corrected chi connectivity index (χ2v) is 12.1. The zero-order chi connectivity index (χ0) is 31.2. The first-order valence-electron chi connectivity index (χ1n) is 16.2. The van der Waals surface area contributed by atoms with Gasteiger partial charge in [0.15, 0.2) is 0 Å². The molecule has 0 radical (unpaired) electrons. The third-order valence-electron chi connectivity index (χ3n) is 9.41. The summed E-state index contributed by atoms with van der Waals surface area (Å²) in [7, 11) is 0. The largest absolute Gasteiger partial charge is 0.309 e. The van der Waals surface area contributed by atoms with E-state index in [1.54, 1.807) is 0 Å². The van der Waals surface area contributed by atoms with Gasteiger partial charge >= 0.3 is 0 Å². The average molecular weight is 598 g/mol. The van der Waals surface area contributed by atoms with Gasteiger partial charge in [-0.15, -0.1) is 0 Å². The summed E-state index contributed by atoms with van der Waals surface area (Å²) in [5.74, 6) is 0. The standard InChI is InChI=1S/C46H31N/c1-4-16-33(17-5-1)43-29-30-44(34-18-6-2-7-19-34)47(43)36-27-28-41-42(31-36)45(35-20-8-3-9-21-35)39-24-12-13-25-40(39)46(41)38-26-14-22-32-15-10-11-23-37(32)38/h1-31H. The van der Waals surface area contributed by atoms with Crippen molar-refractivity contribution >= 4 is 32.3 Å². The highest BCUT2D eigenvalue weighted by atomic mass is 15.0. The van der Waals surface area contributed by atoms with E-state index >= 15 is 0 Å². The molecule has 0 saturated carbocycles. The van der Waals surface area contributed by atoms with Crippen LogP contribution in [0.25, 0.3) is 82.8 Å². The zero-order valence-corrected chi connectivity index (χ0v) is 25.8. The molecule has 8 aromatic carbocycles. The van der Waals surface area contributed by atoms with E-state index in [4.69, 9.17) is 0 Å². The van der Waals surface area contributed by atoms with Gasteiger partial charge in [0.2, 0.25) is 0 Å². The highest BCUT2D eigenvalue weighted by Crippen LogP contribution is 2.46. The van der Waals surface area contributed by atoms with Crippen molar-refractivity contribution < 1.29 is 0 Å². The van der Waals surface area contributed by atoms with Crippen LogP contribution in [-0.4, -0.2) is 4.57 Å². The molecule has 1 nitrogen and oxygen atoms in total. The van der Waals surface area contributed by atoms with Gasteiger partial charge in [-0.05, 0) is 90.0 Å². The molecule has 0 bridgehead atoms. The van der Waals surface area contributed by atoms with Crippen LogP contribution in [0.3, 0.4) is 0 Å². The van der Waals surface area contributed by atoms with Crippen LogP contribution in [0, 0.1) is 0 Å². The predicted octanol–water partition coefficient (Wildman–Crippen LogP) is 12.6. The lowest BCUT2D eigenvalue weighted by atomic mass is 9.84. The minimum atomic E-state index is 1.14. The maximum atomic E-state index is 2.42. The van der Waals surface area contributed by atoms with Crippen LogP contribution < -0.4 is 0 Å². The van der Waals surface area contributed by atoms with E-state index in [1.807, 2.05) is 0 Å². The topological polar surface area (TPSA) is 4.93 Å². The van der Waals surface area contributed by atoms with Crippen LogP contribution >= 0.6 is 0 Å². The molecule has 9 aromatic rings. The van der Waals surface area contributed by atoms with Crippen LogP contribution in [0.1, 0.15) is 0 Å². The molecule has 0 atom stereocenters. The molecule has 1 aromatic heterocycles. The first-order chi connectivity index (χ1) is 23.3. The Balaban J connectivity index is 1.42. The molecule has 47 heavy (non-hydrogen) atoms. The van der Waals surface area contributed by atoms with Crippen molar-refractivity contribution in [3.8, 4) is 50.5 Å². The summed E-state index contributed by atoms with van der Waals surface area (Å²) in [5, 5.41) is 7.52. The fraction of sp³-hybridized carbons (Fsp3) is 0. The summed E-state index contributed by atoms with van der Waals surface area (Å²) >= 11 is 0. The van der Waals surface area contributed by atoms with Crippen molar-refractivity contribution in [3.05, 3.63) is 188 Å². The Kier molecular flexibility index (Phi) is 6.54. The Hall–Kier alpha value is -6.18. The summed E-state index contributed by atoms with van der Waals surface area (Å²) in [6.07, 6.45) is 0. The van der Waals surface area contributed by atoms with Crippen molar-refractivity contribution in [1.29, 1.82) is 0 Å². The average Bonchev–Trinajstić information content (AvgIpc) is 3.60. The van der Waals surface area contributed by atoms with E-state index < -0.39 is 0 Å². The summed E-state index contributed by atoms with van der Waals surface area (Å²) in [6, 6.07) is 68.2. The molecule has 0 unspecified atom stereocenters. The van der Waals surface area contributed by atoms with Crippen molar-refractivity contribution in [1.82, 2.24) is 4.57 Å². The number of aromatic nitrogens is 1. The van der Waals surface area contributed by atoms with Gasteiger partial charge in [0.1, 0.15) is 0 Å². The zero-order valence-electron chi connectivity index (χ0n) is 25.8. The highest BCUT2D eigenvalue weighted by molar-refractivity contribution is 6.23. The molecule has 0 aliphatic carbocycles. The van der Waals surface area contributed by atoms with E-state index in [0.717, 1.165) is 5.69 Å². The lowest BCUT2D eigenvalue weighted by molar-refractivity contribution is 1.10. The first kappa shape index (κ1) is 27.2. The SMILES string of the molecule is c1ccc(-c2c3ccccc3c(-c3cccc4ccccc34)c3ccc(-n4c(-c5ccccc5)ccc4-c4ccccc4)cc23)cc1. The number of benzene rings is 8. The smallest absolute Gasteiger partial charge is 0.0535 e. The number of hydrogen-bond acceptors (Lipinski definition) is 0. The van der Waals surface area contributed by atoms with Crippen molar-refractivity contribution in [2.45, 2.75) is 0 Å². The number of rotatable bonds is 5. The molecule has 0 aliphatic heterocycles. The van der Waals surface area contributed by atoms with Crippen molar-refractivity contribution in [2.75, 3.05) is 0 Å².